The lowest BCUT2D eigenvalue weighted by Crippen LogP contribution is -2.42. The third-order valence-electron chi connectivity index (χ3n) is 4.74. The maximum Gasteiger partial charge on any atom is 0.223 e. The summed E-state index contributed by atoms with van der Waals surface area (Å²) in [5.41, 5.74) is 0. The number of hydrogen-bond acceptors (Lipinski definition) is 3. The molecule has 0 saturated carbocycles. The standard InChI is InChI=1S/C21H39Cl2NO3/c1-24(20(17-25)18-27-2)21(26)15-11-6-4-3-5-9-13-19(23)14-10-7-8-12-16-22/h4,6,19-20,25H,3,5,7-18H2,1-2H3/b6-4+. The fourth-order valence-electron chi connectivity index (χ4n) is 2.89. The van der Waals surface area contributed by atoms with Crippen molar-refractivity contribution in [1.82, 2.24) is 4.90 Å². The quantitative estimate of drug-likeness (QED) is 0.188. The normalized spacial score (nSPS) is 13.8. The van der Waals surface area contributed by atoms with Gasteiger partial charge in [0.1, 0.15) is 0 Å². The fourth-order valence-corrected chi connectivity index (χ4v) is 3.39. The molecule has 0 heterocycles. The maximum absolute atomic E-state index is 12.1. The number of methoxy groups -OCH3 is 1. The lowest BCUT2D eigenvalue weighted by Gasteiger charge is -2.25. The van der Waals surface area contributed by atoms with Crippen LogP contribution in [0, 0.1) is 0 Å². The molecule has 2 unspecified atom stereocenters. The predicted molar refractivity (Wildman–Crippen MR) is 116 cm³/mol. The van der Waals surface area contributed by atoms with Crippen molar-refractivity contribution in [2.75, 3.05) is 33.3 Å². The van der Waals surface area contributed by atoms with E-state index in [1.165, 1.54) is 19.3 Å². The first-order valence-electron chi connectivity index (χ1n) is 10.3. The Kier molecular flexibility index (Phi) is 18.8. The Morgan fingerprint density at radius 1 is 1.07 bits per heavy atom. The van der Waals surface area contributed by atoms with Gasteiger partial charge in [0, 0.05) is 31.8 Å². The largest absolute Gasteiger partial charge is 0.394 e. The summed E-state index contributed by atoms with van der Waals surface area (Å²) in [7, 11) is 3.28. The van der Waals surface area contributed by atoms with E-state index in [2.05, 4.69) is 12.2 Å². The molecule has 0 aliphatic carbocycles. The van der Waals surface area contributed by atoms with Gasteiger partial charge in [0.2, 0.25) is 5.91 Å². The molecule has 0 spiro atoms. The Bertz CT molecular complexity index is 380. The van der Waals surface area contributed by atoms with Gasteiger partial charge >= 0.3 is 0 Å². The molecule has 6 heteroatoms. The average Bonchev–Trinajstić information content (AvgIpc) is 2.67. The van der Waals surface area contributed by atoms with Crippen molar-refractivity contribution in [3.05, 3.63) is 12.2 Å². The molecule has 0 saturated heterocycles. The van der Waals surface area contributed by atoms with Crippen LogP contribution in [0.2, 0.25) is 0 Å². The Morgan fingerprint density at radius 2 is 1.70 bits per heavy atom. The molecule has 0 radical (unpaired) electrons. The first-order valence-corrected chi connectivity index (χ1v) is 11.2. The molecule has 4 nitrogen and oxygen atoms in total. The number of amides is 1. The number of ether oxygens (including phenoxy) is 1. The molecule has 0 rings (SSSR count). The molecule has 160 valence electrons. The number of aliphatic hydroxyl groups excluding tert-OH is 1. The minimum absolute atomic E-state index is 0.0341. The van der Waals surface area contributed by atoms with Crippen LogP contribution >= 0.6 is 23.2 Å². The lowest BCUT2D eigenvalue weighted by molar-refractivity contribution is -0.133. The van der Waals surface area contributed by atoms with E-state index in [-0.39, 0.29) is 18.6 Å². The maximum atomic E-state index is 12.1. The van der Waals surface area contributed by atoms with Crippen LogP contribution in [0.5, 0.6) is 0 Å². The zero-order chi connectivity index (χ0) is 20.3. The van der Waals surface area contributed by atoms with E-state index in [0.717, 1.165) is 50.8 Å². The summed E-state index contributed by atoms with van der Waals surface area (Å²) in [5.74, 6) is 0.798. The molecule has 0 aliphatic rings. The number of carbonyl (C=O) groups is 1. The molecule has 1 N–H and O–H groups in total. The van der Waals surface area contributed by atoms with Crippen LogP contribution in [0.25, 0.3) is 0 Å². The highest BCUT2D eigenvalue weighted by Gasteiger charge is 2.18. The van der Waals surface area contributed by atoms with Gasteiger partial charge in [-0.1, -0.05) is 37.8 Å². The Labute approximate surface area is 176 Å². The summed E-state index contributed by atoms with van der Waals surface area (Å²) < 4.78 is 5.02. The third-order valence-corrected chi connectivity index (χ3v) is 5.45. The minimum atomic E-state index is -0.268. The number of rotatable bonds is 18. The summed E-state index contributed by atoms with van der Waals surface area (Å²) in [6.07, 6.45) is 15.7. The summed E-state index contributed by atoms with van der Waals surface area (Å²) in [6.45, 7) is 0.268. The van der Waals surface area contributed by atoms with Crippen molar-refractivity contribution in [3.8, 4) is 0 Å². The van der Waals surface area contributed by atoms with Gasteiger partial charge in [0.15, 0.2) is 0 Å². The molecule has 27 heavy (non-hydrogen) atoms. The molecular weight excluding hydrogens is 385 g/mol. The van der Waals surface area contributed by atoms with Gasteiger partial charge < -0.3 is 14.7 Å². The average molecular weight is 424 g/mol. The van der Waals surface area contributed by atoms with Crippen LogP contribution in [0.4, 0.5) is 0 Å². The van der Waals surface area contributed by atoms with Crippen molar-refractivity contribution < 1.29 is 14.6 Å². The summed E-state index contributed by atoms with van der Waals surface area (Å²) >= 11 is 12.0. The van der Waals surface area contributed by atoms with Crippen LogP contribution in [0.15, 0.2) is 12.2 Å². The van der Waals surface area contributed by atoms with Gasteiger partial charge in [0.05, 0.1) is 19.3 Å². The van der Waals surface area contributed by atoms with Gasteiger partial charge in [0.25, 0.3) is 0 Å². The van der Waals surface area contributed by atoms with E-state index in [9.17, 15) is 9.90 Å². The number of carbonyl (C=O) groups excluding carboxylic acids is 1. The molecule has 0 aromatic carbocycles. The third kappa shape index (κ3) is 15.3. The summed E-state index contributed by atoms with van der Waals surface area (Å²) in [6, 6.07) is -0.268. The number of allylic oxidation sites excluding steroid dienone is 2. The van der Waals surface area contributed by atoms with E-state index >= 15 is 0 Å². The molecule has 0 bridgehead atoms. The summed E-state index contributed by atoms with van der Waals surface area (Å²) in [5, 5.41) is 9.58. The van der Waals surface area contributed by atoms with Crippen LogP contribution in [0.3, 0.4) is 0 Å². The number of halogens is 2. The highest BCUT2D eigenvalue weighted by molar-refractivity contribution is 6.20. The van der Waals surface area contributed by atoms with Gasteiger partial charge in [-0.15, -0.1) is 23.2 Å². The zero-order valence-electron chi connectivity index (χ0n) is 17.2. The minimum Gasteiger partial charge on any atom is -0.394 e. The first kappa shape index (κ1) is 26.7. The monoisotopic (exact) mass is 423 g/mol. The highest BCUT2D eigenvalue weighted by atomic mass is 35.5. The van der Waals surface area contributed by atoms with Gasteiger partial charge in [-0.25, -0.2) is 0 Å². The molecule has 0 aromatic heterocycles. The SMILES string of the molecule is COCC(CO)N(C)C(=O)CC/C=C/CCCCC(Cl)CCCCCCCl. The number of likely N-dealkylation sites (N-methyl/N-ethyl adjacent to an activating group) is 1. The molecule has 0 fully saturated rings. The molecule has 0 aromatic rings. The van der Waals surface area contributed by atoms with E-state index in [1.807, 2.05) is 0 Å². The number of nitrogens with zero attached hydrogens (tertiary/aromatic N) is 1. The van der Waals surface area contributed by atoms with E-state index in [1.54, 1.807) is 19.1 Å². The Morgan fingerprint density at radius 3 is 2.33 bits per heavy atom. The number of hydrogen-bond donors (Lipinski definition) is 1. The van der Waals surface area contributed by atoms with Crippen LogP contribution in [-0.4, -0.2) is 60.6 Å². The molecule has 1 amide bonds. The van der Waals surface area contributed by atoms with Crippen molar-refractivity contribution in [1.29, 1.82) is 0 Å². The first-order chi connectivity index (χ1) is 13.1. The fraction of sp³-hybridized carbons (Fsp3) is 0.857. The van der Waals surface area contributed by atoms with Crippen LogP contribution in [0.1, 0.15) is 70.6 Å². The van der Waals surface area contributed by atoms with E-state index in [4.69, 9.17) is 27.9 Å². The predicted octanol–water partition coefficient (Wildman–Crippen LogP) is 5.15. The van der Waals surface area contributed by atoms with Crippen LogP contribution < -0.4 is 0 Å². The smallest absolute Gasteiger partial charge is 0.223 e. The van der Waals surface area contributed by atoms with Crippen molar-refractivity contribution in [2.24, 2.45) is 0 Å². The Hall–Kier alpha value is -0.290. The van der Waals surface area contributed by atoms with Gasteiger partial charge in [-0.3, -0.25) is 4.79 Å². The van der Waals surface area contributed by atoms with Crippen molar-refractivity contribution in [2.45, 2.75) is 82.0 Å². The molecule has 2 atom stereocenters. The van der Waals surface area contributed by atoms with E-state index in [0.29, 0.717) is 18.4 Å². The highest BCUT2D eigenvalue weighted by Crippen LogP contribution is 2.17. The topological polar surface area (TPSA) is 49.8 Å². The zero-order valence-corrected chi connectivity index (χ0v) is 18.7. The second kappa shape index (κ2) is 19.0. The molecular formula is C21H39Cl2NO3. The summed E-state index contributed by atoms with van der Waals surface area (Å²) in [4.78, 5) is 13.7. The number of aliphatic hydroxyl groups is 1. The number of unbranched alkanes of at least 4 members (excludes halogenated alkanes) is 5. The van der Waals surface area contributed by atoms with Gasteiger partial charge in [-0.05, 0) is 38.5 Å². The Balaban J connectivity index is 3.65. The van der Waals surface area contributed by atoms with Crippen molar-refractivity contribution in [3.63, 3.8) is 0 Å². The van der Waals surface area contributed by atoms with E-state index < -0.39 is 0 Å². The van der Waals surface area contributed by atoms with Gasteiger partial charge in [-0.2, -0.15) is 0 Å². The number of alkyl halides is 2. The van der Waals surface area contributed by atoms with Crippen molar-refractivity contribution >= 4 is 29.1 Å². The second-order valence-corrected chi connectivity index (χ2v) is 8.08. The lowest BCUT2D eigenvalue weighted by atomic mass is 10.1. The van der Waals surface area contributed by atoms with Crippen LogP contribution in [-0.2, 0) is 9.53 Å². The molecule has 0 aliphatic heterocycles. The second-order valence-electron chi connectivity index (χ2n) is 7.08.